The highest BCUT2D eigenvalue weighted by molar-refractivity contribution is 5.93. The maximum Gasteiger partial charge on any atom is 0.253 e. The van der Waals surface area contributed by atoms with Crippen molar-refractivity contribution in [1.29, 1.82) is 0 Å². The second kappa shape index (κ2) is 10.9. The number of carbonyl (C=O) groups is 1. The lowest BCUT2D eigenvalue weighted by Crippen LogP contribution is -2.36. The molecule has 6 heteroatoms. The number of amides is 1. The Morgan fingerprint density at radius 3 is 2.46 bits per heavy atom. The molecule has 0 bridgehead atoms. The average molecular weight is 496 g/mol. The molecule has 2 aliphatic rings. The lowest BCUT2D eigenvalue weighted by atomic mass is 9.83. The standard InChI is InChI=1S/C31H37N5O/c1-21-17-29-28(27(11-14-33-29)25-9-10-30(32-2)34-19-25)18-26(21)20-36-15-12-23(13-16-36)22-5-7-24(8-6-22)31(37)35(3)4/h5-11,14,18-19,21,23H,12-13,15-17,20H2,1-4H3,(H,32,34). The highest BCUT2D eigenvalue weighted by Gasteiger charge is 2.26. The highest BCUT2D eigenvalue weighted by atomic mass is 16.2. The Kier molecular flexibility index (Phi) is 7.38. The van der Waals surface area contributed by atoms with E-state index in [0.29, 0.717) is 11.8 Å². The van der Waals surface area contributed by atoms with Crippen LogP contribution in [0.5, 0.6) is 0 Å². The molecule has 0 spiro atoms. The molecule has 1 aliphatic heterocycles. The minimum atomic E-state index is 0.0578. The molecule has 192 valence electrons. The Bertz CT molecular complexity index is 1270. The summed E-state index contributed by atoms with van der Waals surface area (Å²) in [6.45, 7) is 5.52. The van der Waals surface area contributed by atoms with Crippen LogP contribution in [0, 0.1) is 5.92 Å². The van der Waals surface area contributed by atoms with Gasteiger partial charge in [0.25, 0.3) is 5.91 Å². The summed E-state index contributed by atoms with van der Waals surface area (Å²) in [7, 11) is 5.48. The van der Waals surface area contributed by atoms with Gasteiger partial charge in [0.1, 0.15) is 5.82 Å². The number of carbonyl (C=O) groups excluding carboxylic acids is 1. The molecule has 0 saturated carbocycles. The van der Waals surface area contributed by atoms with E-state index >= 15 is 0 Å². The normalized spacial score (nSPS) is 18.2. The zero-order valence-corrected chi connectivity index (χ0v) is 22.4. The number of hydrogen-bond donors (Lipinski definition) is 1. The number of nitrogens with zero attached hydrogens (tertiary/aromatic N) is 4. The molecule has 1 aromatic carbocycles. The molecule has 3 heterocycles. The van der Waals surface area contributed by atoms with Crippen molar-refractivity contribution in [3.8, 4) is 11.1 Å². The molecule has 1 aliphatic carbocycles. The van der Waals surface area contributed by atoms with Gasteiger partial charge < -0.3 is 10.2 Å². The monoisotopic (exact) mass is 495 g/mol. The molecule has 1 N–H and O–H groups in total. The Labute approximate surface area is 220 Å². The first kappa shape index (κ1) is 25.2. The number of hydrogen-bond acceptors (Lipinski definition) is 5. The van der Waals surface area contributed by atoms with Crippen LogP contribution in [-0.4, -0.2) is 66.5 Å². The SMILES string of the molecule is CNc1ccc(-c2ccnc3c2C=C(CN2CCC(c4ccc(C(=O)N(C)C)cc4)CC2)C(C)C3)cn1. The van der Waals surface area contributed by atoms with Gasteiger partial charge in [-0.1, -0.05) is 30.7 Å². The van der Waals surface area contributed by atoms with Gasteiger partial charge in [-0.25, -0.2) is 4.98 Å². The van der Waals surface area contributed by atoms with E-state index in [9.17, 15) is 4.79 Å². The van der Waals surface area contributed by atoms with Crippen LogP contribution in [0.4, 0.5) is 5.82 Å². The van der Waals surface area contributed by atoms with Crippen LogP contribution >= 0.6 is 0 Å². The number of rotatable bonds is 6. The second-order valence-electron chi connectivity index (χ2n) is 10.6. The first-order valence-electron chi connectivity index (χ1n) is 13.3. The minimum Gasteiger partial charge on any atom is -0.373 e. The predicted octanol–water partition coefficient (Wildman–Crippen LogP) is 5.34. The van der Waals surface area contributed by atoms with Crippen LogP contribution in [0.1, 0.15) is 52.9 Å². The van der Waals surface area contributed by atoms with Crippen LogP contribution < -0.4 is 5.32 Å². The van der Waals surface area contributed by atoms with Gasteiger partial charge in [0.2, 0.25) is 0 Å². The molecule has 1 atom stereocenters. The highest BCUT2D eigenvalue weighted by Crippen LogP contribution is 2.35. The fourth-order valence-electron chi connectivity index (χ4n) is 5.58. The zero-order chi connectivity index (χ0) is 25.9. The summed E-state index contributed by atoms with van der Waals surface area (Å²) >= 11 is 0. The Hall–Kier alpha value is -3.51. The van der Waals surface area contributed by atoms with Crippen molar-refractivity contribution in [3.63, 3.8) is 0 Å². The largest absolute Gasteiger partial charge is 0.373 e. The molecule has 0 radical (unpaired) electrons. The first-order chi connectivity index (χ1) is 17.9. The summed E-state index contributed by atoms with van der Waals surface area (Å²) in [5.74, 6) is 1.97. The van der Waals surface area contributed by atoms with E-state index in [1.807, 2.05) is 37.6 Å². The van der Waals surface area contributed by atoms with Gasteiger partial charge >= 0.3 is 0 Å². The third-order valence-corrected chi connectivity index (χ3v) is 7.89. The van der Waals surface area contributed by atoms with Crippen LogP contribution in [0.2, 0.25) is 0 Å². The molecule has 6 nitrogen and oxygen atoms in total. The Balaban J connectivity index is 1.27. The molecule has 5 rings (SSSR count). The van der Waals surface area contributed by atoms with E-state index in [1.165, 1.54) is 28.0 Å². The summed E-state index contributed by atoms with van der Waals surface area (Å²) in [5, 5.41) is 3.09. The van der Waals surface area contributed by atoms with Gasteiger partial charge in [0.15, 0.2) is 0 Å². The van der Waals surface area contributed by atoms with E-state index < -0.39 is 0 Å². The van der Waals surface area contributed by atoms with E-state index in [2.05, 4.69) is 52.5 Å². The molecule has 1 amide bonds. The molecule has 2 aromatic heterocycles. The minimum absolute atomic E-state index is 0.0578. The van der Waals surface area contributed by atoms with Crippen molar-refractivity contribution in [1.82, 2.24) is 19.8 Å². The smallest absolute Gasteiger partial charge is 0.253 e. The summed E-state index contributed by atoms with van der Waals surface area (Å²) in [5.41, 5.74) is 8.36. The number of aromatic nitrogens is 2. The van der Waals surface area contributed by atoms with E-state index in [0.717, 1.165) is 55.8 Å². The number of anilines is 1. The number of nitrogens with one attached hydrogen (secondary N) is 1. The van der Waals surface area contributed by atoms with Crippen molar-refractivity contribution in [2.24, 2.45) is 5.92 Å². The summed E-state index contributed by atoms with van der Waals surface area (Å²) in [4.78, 5) is 25.7. The van der Waals surface area contributed by atoms with Crippen LogP contribution in [0.15, 0.2) is 60.4 Å². The fourth-order valence-corrected chi connectivity index (χ4v) is 5.58. The molecular weight excluding hydrogens is 458 g/mol. The van der Waals surface area contributed by atoms with Gasteiger partial charge in [-0.15, -0.1) is 0 Å². The van der Waals surface area contributed by atoms with E-state index in [4.69, 9.17) is 4.98 Å². The Morgan fingerprint density at radius 1 is 1.05 bits per heavy atom. The summed E-state index contributed by atoms with van der Waals surface area (Å²) < 4.78 is 0. The predicted molar refractivity (Wildman–Crippen MR) is 151 cm³/mol. The molecule has 3 aromatic rings. The quantitative estimate of drug-likeness (QED) is 0.500. The second-order valence-corrected chi connectivity index (χ2v) is 10.6. The molecule has 1 saturated heterocycles. The topological polar surface area (TPSA) is 61.4 Å². The third kappa shape index (κ3) is 5.44. The zero-order valence-electron chi connectivity index (χ0n) is 22.4. The van der Waals surface area contributed by atoms with Gasteiger partial charge in [-0.05, 0) is 85.6 Å². The summed E-state index contributed by atoms with van der Waals surface area (Å²) in [6, 6.07) is 14.5. The molecular formula is C31H37N5O. The number of benzene rings is 1. The first-order valence-corrected chi connectivity index (χ1v) is 13.3. The fraction of sp³-hybridized carbons (Fsp3) is 0.387. The number of likely N-dealkylation sites (tertiary alicyclic amines) is 1. The third-order valence-electron chi connectivity index (χ3n) is 7.89. The van der Waals surface area contributed by atoms with Gasteiger partial charge in [-0.3, -0.25) is 14.7 Å². The van der Waals surface area contributed by atoms with Crippen molar-refractivity contribution in [2.45, 2.75) is 32.1 Å². The van der Waals surface area contributed by atoms with Crippen molar-refractivity contribution in [3.05, 3.63) is 82.8 Å². The lowest BCUT2D eigenvalue weighted by molar-refractivity contribution is 0.0827. The maximum atomic E-state index is 12.2. The number of piperidine rings is 1. The van der Waals surface area contributed by atoms with Crippen LogP contribution in [0.25, 0.3) is 17.2 Å². The molecule has 37 heavy (non-hydrogen) atoms. The van der Waals surface area contributed by atoms with Gasteiger partial charge in [0, 0.05) is 62.5 Å². The van der Waals surface area contributed by atoms with E-state index in [-0.39, 0.29) is 5.91 Å². The maximum absolute atomic E-state index is 12.2. The van der Waals surface area contributed by atoms with Gasteiger partial charge in [-0.2, -0.15) is 0 Å². The summed E-state index contributed by atoms with van der Waals surface area (Å²) in [6.07, 6.45) is 9.54. The molecule has 1 fully saturated rings. The van der Waals surface area contributed by atoms with Crippen LogP contribution in [0.3, 0.4) is 0 Å². The molecule has 1 unspecified atom stereocenters. The van der Waals surface area contributed by atoms with Crippen molar-refractivity contribution in [2.75, 3.05) is 46.1 Å². The van der Waals surface area contributed by atoms with Crippen LogP contribution in [-0.2, 0) is 6.42 Å². The lowest BCUT2D eigenvalue weighted by Gasteiger charge is -2.35. The number of pyridine rings is 2. The van der Waals surface area contributed by atoms with E-state index in [1.54, 1.807) is 19.0 Å². The average Bonchev–Trinajstić information content (AvgIpc) is 2.93. The van der Waals surface area contributed by atoms with Crippen molar-refractivity contribution < 1.29 is 4.79 Å². The van der Waals surface area contributed by atoms with Gasteiger partial charge in [0.05, 0.1) is 0 Å². The Morgan fingerprint density at radius 2 is 1.81 bits per heavy atom. The number of fused-ring (bicyclic) bond motifs is 1. The van der Waals surface area contributed by atoms with Crippen molar-refractivity contribution >= 4 is 17.8 Å².